The summed E-state index contributed by atoms with van der Waals surface area (Å²) in [4.78, 5) is 0. The molecule has 1 aromatic carbocycles. The van der Waals surface area contributed by atoms with Gasteiger partial charge in [0, 0.05) is 6.04 Å². The van der Waals surface area contributed by atoms with Crippen LogP contribution in [0.15, 0.2) is 24.3 Å². The fourth-order valence-corrected chi connectivity index (χ4v) is 3.57. The van der Waals surface area contributed by atoms with Crippen molar-refractivity contribution in [3.63, 3.8) is 0 Å². The summed E-state index contributed by atoms with van der Waals surface area (Å²) in [5.41, 5.74) is 1.37. The smallest absolute Gasteiger partial charge is 0.119 e. The number of benzene rings is 1. The lowest BCUT2D eigenvalue weighted by molar-refractivity contribution is 0.224. The second-order valence-electron chi connectivity index (χ2n) is 5.96. The molecular weight excluding hydrogens is 246 g/mol. The highest BCUT2D eigenvalue weighted by Gasteiger charge is 2.27. The average molecular weight is 275 g/mol. The van der Waals surface area contributed by atoms with Crippen molar-refractivity contribution < 1.29 is 4.74 Å². The SMILES string of the molecule is CCOc1cccc(C(NC)C2CCC(CC)CC2)c1. The van der Waals surface area contributed by atoms with E-state index in [0.717, 1.165) is 24.2 Å². The van der Waals surface area contributed by atoms with Gasteiger partial charge in [-0.1, -0.05) is 38.3 Å². The summed E-state index contributed by atoms with van der Waals surface area (Å²) in [6.45, 7) is 5.09. The molecule has 1 N–H and O–H groups in total. The number of rotatable bonds is 6. The van der Waals surface area contributed by atoms with E-state index in [9.17, 15) is 0 Å². The van der Waals surface area contributed by atoms with E-state index < -0.39 is 0 Å². The van der Waals surface area contributed by atoms with Gasteiger partial charge in [0.05, 0.1) is 6.61 Å². The van der Waals surface area contributed by atoms with Crippen molar-refractivity contribution in [2.45, 2.75) is 52.0 Å². The Morgan fingerprint density at radius 3 is 2.55 bits per heavy atom. The molecule has 2 rings (SSSR count). The standard InChI is InChI=1S/C18H29NO/c1-4-14-9-11-15(12-10-14)18(19-3)16-7-6-8-17(13-16)20-5-2/h6-8,13-15,18-19H,4-5,9-12H2,1-3H3. The summed E-state index contributed by atoms with van der Waals surface area (Å²) in [5, 5.41) is 3.53. The van der Waals surface area contributed by atoms with Gasteiger partial charge in [0.15, 0.2) is 0 Å². The molecule has 2 heteroatoms. The third kappa shape index (κ3) is 3.76. The van der Waals surface area contributed by atoms with Gasteiger partial charge in [0.2, 0.25) is 0 Å². The maximum atomic E-state index is 5.64. The number of ether oxygens (including phenoxy) is 1. The summed E-state index contributed by atoms with van der Waals surface area (Å²) in [6, 6.07) is 9.07. The van der Waals surface area contributed by atoms with Crippen molar-refractivity contribution in [1.29, 1.82) is 0 Å². The summed E-state index contributed by atoms with van der Waals surface area (Å²) in [6.07, 6.45) is 6.83. The Kier molecular flexibility index (Phi) is 5.90. The van der Waals surface area contributed by atoms with E-state index in [2.05, 4.69) is 37.5 Å². The van der Waals surface area contributed by atoms with Gasteiger partial charge >= 0.3 is 0 Å². The molecule has 0 heterocycles. The second-order valence-corrected chi connectivity index (χ2v) is 5.96. The zero-order valence-corrected chi connectivity index (χ0v) is 13.2. The van der Waals surface area contributed by atoms with Gasteiger partial charge < -0.3 is 10.1 Å². The van der Waals surface area contributed by atoms with Gasteiger partial charge in [-0.15, -0.1) is 0 Å². The van der Waals surface area contributed by atoms with Crippen molar-refractivity contribution >= 4 is 0 Å². The highest BCUT2D eigenvalue weighted by molar-refractivity contribution is 5.31. The first-order valence-corrected chi connectivity index (χ1v) is 8.18. The van der Waals surface area contributed by atoms with Gasteiger partial charge in [-0.2, -0.15) is 0 Å². The molecule has 0 aromatic heterocycles. The Balaban J connectivity index is 2.06. The van der Waals surface area contributed by atoms with Crippen LogP contribution < -0.4 is 10.1 Å². The zero-order valence-electron chi connectivity index (χ0n) is 13.2. The Labute approximate surface area is 123 Å². The fraction of sp³-hybridized carbons (Fsp3) is 0.667. The van der Waals surface area contributed by atoms with Crippen LogP contribution in [0.3, 0.4) is 0 Å². The van der Waals surface area contributed by atoms with Crippen molar-refractivity contribution in [3.8, 4) is 5.75 Å². The van der Waals surface area contributed by atoms with E-state index in [0.29, 0.717) is 6.04 Å². The van der Waals surface area contributed by atoms with Crippen LogP contribution in [0, 0.1) is 11.8 Å². The molecule has 0 amide bonds. The molecule has 0 bridgehead atoms. The lowest BCUT2D eigenvalue weighted by Gasteiger charge is -2.34. The van der Waals surface area contributed by atoms with Crippen LogP contribution in [0.25, 0.3) is 0 Å². The molecule has 1 aromatic rings. The van der Waals surface area contributed by atoms with E-state index in [1.165, 1.54) is 37.7 Å². The maximum absolute atomic E-state index is 5.64. The molecule has 1 unspecified atom stereocenters. The molecule has 112 valence electrons. The highest BCUT2D eigenvalue weighted by atomic mass is 16.5. The first-order chi connectivity index (χ1) is 9.78. The van der Waals surface area contributed by atoms with Gasteiger partial charge in [-0.05, 0) is 56.3 Å². The number of hydrogen-bond acceptors (Lipinski definition) is 2. The largest absolute Gasteiger partial charge is 0.494 e. The van der Waals surface area contributed by atoms with Gasteiger partial charge in [-0.3, -0.25) is 0 Å². The lowest BCUT2D eigenvalue weighted by atomic mass is 9.76. The van der Waals surface area contributed by atoms with Crippen molar-refractivity contribution in [2.75, 3.05) is 13.7 Å². The molecule has 1 saturated carbocycles. The van der Waals surface area contributed by atoms with Crippen molar-refractivity contribution in [2.24, 2.45) is 11.8 Å². The molecule has 0 aliphatic heterocycles. The van der Waals surface area contributed by atoms with Gasteiger partial charge in [0.25, 0.3) is 0 Å². The molecule has 20 heavy (non-hydrogen) atoms. The maximum Gasteiger partial charge on any atom is 0.119 e. The monoisotopic (exact) mass is 275 g/mol. The third-order valence-electron chi connectivity index (χ3n) is 4.78. The van der Waals surface area contributed by atoms with E-state index in [4.69, 9.17) is 4.74 Å². The van der Waals surface area contributed by atoms with Crippen LogP contribution in [0.2, 0.25) is 0 Å². The molecule has 1 fully saturated rings. The molecular formula is C18H29NO. The summed E-state index contributed by atoms with van der Waals surface area (Å²) in [7, 11) is 2.09. The Morgan fingerprint density at radius 1 is 1.20 bits per heavy atom. The fourth-order valence-electron chi connectivity index (χ4n) is 3.57. The van der Waals surface area contributed by atoms with Crippen LogP contribution in [0.1, 0.15) is 57.6 Å². The van der Waals surface area contributed by atoms with Crippen molar-refractivity contribution in [1.82, 2.24) is 5.32 Å². The van der Waals surface area contributed by atoms with Gasteiger partial charge in [-0.25, -0.2) is 0 Å². The molecule has 1 aliphatic carbocycles. The molecule has 0 saturated heterocycles. The van der Waals surface area contributed by atoms with E-state index in [1.807, 2.05) is 13.0 Å². The van der Waals surface area contributed by atoms with Crippen LogP contribution >= 0.6 is 0 Å². The van der Waals surface area contributed by atoms with Crippen LogP contribution in [-0.2, 0) is 0 Å². The zero-order chi connectivity index (χ0) is 14.4. The summed E-state index contributed by atoms with van der Waals surface area (Å²) < 4.78 is 5.64. The second kappa shape index (κ2) is 7.68. The molecule has 2 nitrogen and oxygen atoms in total. The van der Waals surface area contributed by atoms with Gasteiger partial charge in [0.1, 0.15) is 5.75 Å². The summed E-state index contributed by atoms with van der Waals surface area (Å²) >= 11 is 0. The highest BCUT2D eigenvalue weighted by Crippen LogP contribution is 2.38. The number of nitrogens with one attached hydrogen (secondary N) is 1. The Hall–Kier alpha value is -1.02. The minimum Gasteiger partial charge on any atom is -0.494 e. The molecule has 0 spiro atoms. The van der Waals surface area contributed by atoms with E-state index >= 15 is 0 Å². The predicted molar refractivity (Wildman–Crippen MR) is 85.2 cm³/mol. The molecule has 0 radical (unpaired) electrons. The summed E-state index contributed by atoms with van der Waals surface area (Å²) in [5.74, 6) is 2.71. The predicted octanol–water partition coefficient (Wildman–Crippen LogP) is 4.56. The van der Waals surface area contributed by atoms with Crippen LogP contribution in [0.4, 0.5) is 0 Å². The van der Waals surface area contributed by atoms with Crippen LogP contribution in [0.5, 0.6) is 5.75 Å². The minimum atomic E-state index is 0.466. The quantitative estimate of drug-likeness (QED) is 0.821. The topological polar surface area (TPSA) is 21.3 Å². The van der Waals surface area contributed by atoms with E-state index in [-0.39, 0.29) is 0 Å². The van der Waals surface area contributed by atoms with Crippen LogP contribution in [-0.4, -0.2) is 13.7 Å². The minimum absolute atomic E-state index is 0.466. The lowest BCUT2D eigenvalue weighted by Crippen LogP contribution is -2.28. The first kappa shape index (κ1) is 15.4. The normalized spacial score (nSPS) is 24.4. The first-order valence-electron chi connectivity index (χ1n) is 8.18. The molecule has 1 atom stereocenters. The number of hydrogen-bond donors (Lipinski definition) is 1. The van der Waals surface area contributed by atoms with Crippen molar-refractivity contribution in [3.05, 3.63) is 29.8 Å². The third-order valence-corrected chi connectivity index (χ3v) is 4.78. The molecule has 1 aliphatic rings. The average Bonchev–Trinajstić information content (AvgIpc) is 2.49. The Bertz CT molecular complexity index is 396. The van der Waals surface area contributed by atoms with E-state index in [1.54, 1.807) is 0 Å². The Morgan fingerprint density at radius 2 is 1.95 bits per heavy atom.